The van der Waals surface area contributed by atoms with Crippen LogP contribution in [-0.2, 0) is 93.6 Å². The lowest BCUT2D eigenvalue weighted by Crippen LogP contribution is -2.66. The van der Waals surface area contributed by atoms with Gasteiger partial charge in [0, 0.05) is 0 Å². The minimum atomic E-state index is -1.41. The van der Waals surface area contributed by atoms with E-state index in [1.54, 1.807) is 0 Å². The molecule has 11 heteroatoms. The molecule has 72 heavy (non-hydrogen) atoms. The molecule has 7 aromatic carbocycles. The molecule has 0 radical (unpaired) electrons. The summed E-state index contributed by atoms with van der Waals surface area (Å²) in [5.74, 6) is 0. The van der Waals surface area contributed by atoms with Gasteiger partial charge in [-0.3, -0.25) is 0 Å². The lowest BCUT2D eigenvalue weighted by Gasteiger charge is -2.49. The number of rotatable bonds is 25. The van der Waals surface area contributed by atoms with E-state index in [-0.39, 0.29) is 46.2 Å². The van der Waals surface area contributed by atoms with E-state index in [1.165, 1.54) is 0 Å². The molecule has 7 aromatic rings. The van der Waals surface area contributed by atoms with Crippen LogP contribution < -0.4 is 0 Å². The normalized spacial score (nSPS) is 24.2. The molecule has 2 aliphatic rings. The van der Waals surface area contributed by atoms with Gasteiger partial charge in [0.15, 0.2) is 12.6 Å². The predicted octanol–water partition coefficient (Wildman–Crippen LogP) is 10.2. The van der Waals surface area contributed by atoms with E-state index >= 15 is 0 Å². The van der Waals surface area contributed by atoms with Crippen LogP contribution in [0.4, 0.5) is 0 Å². The molecule has 0 aliphatic carbocycles. The maximum Gasteiger partial charge on any atom is 0.187 e. The molecular weight excluding hydrogens is 909 g/mol. The van der Waals surface area contributed by atoms with E-state index < -0.39 is 61.4 Å². The largest absolute Gasteiger partial charge is 0.374 e. The first kappa shape index (κ1) is 51.0. The zero-order valence-electron chi connectivity index (χ0n) is 40.4. The van der Waals surface area contributed by atoms with Crippen LogP contribution in [0.5, 0.6) is 0 Å². The molecule has 374 valence electrons. The lowest BCUT2D eigenvalue weighted by atomic mass is 9.95. The number of benzene rings is 7. The third kappa shape index (κ3) is 14.8. The highest BCUT2D eigenvalue weighted by molar-refractivity contribution is 5.19. The summed E-state index contributed by atoms with van der Waals surface area (Å²) < 4.78 is 68.6. The topological polar surface area (TPSA) is 113 Å². The van der Waals surface area contributed by atoms with Crippen molar-refractivity contribution in [1.29, 1.82) is 0 Å². The van der Waals surface area contributed by atoms with Crippen molar-refractivity contribution in [1.82, 2.24) is 0 Å². The first-order valence-electron chi connectivity index (χ1n) is 24.8. The lowest BCUT2D eigenvalue weighted by molar-refractivity contribution is -0.374. The summed E-state index contributed by atoms with van der Waals surface area (Å²) in [5.41, 5.74) is 6.75. The minimum absolute atomic E-state index is 0.0375. The van der Waals surface area contributed by atoms with Gasteiger partial charge in [0.1, 0.15) is 48.8 Å². The van der Waals surface area contributed by atoms with Crippen LogP contribution >= 0.6 is 0 Å². The van der Waals surface area contributed by atoms with Gasteiger partial charge in [0.2, 0.25) is 0 Å². The third-order valence-corrected chi connectivity index (χ3v) is 12.7. The minimum Gasteiger partial charge on any atom is -0.374 e. The molecule has 10 atom stereocenters. The number of aliphatic hydroxyl groups excluding tert-OH is 1. The van der Waals surface area contributed by atoms with Gasteiger partial charge < -0.3 is 52.5 Å². The maximum absolute atomic E-state index is 12.0. The Morgan fingerprint density at radius 3 is 0.931 bits per heavy atom. The fourth-order valence-electron chi connectivity index (χ4n) is 8.97. The van der Waals surface area contributed by atoms with Gasteiger partial charge in [-0.1, -0.05) is 212 Å². The second-order valence-corrected chi connectivity index (χ2v) is 18.0. The summed E-state index contributed by atoms with van der Waals surface area (Å²) >= 11 is 0. The first-order chi connectivity index (χ1) is 35.6. The van der Waals surface area contributed by atoms with Crippen molar-refractivity contribution in [2.24, 2.45) is 0 Å². The van der Waals surface area contributed by atoms with E-state index in [0.29, 0.717) is 13.2 Å². The standard InChI is InChI=1S/C61H64O11/c62-60-58(68-41-50-32-18-6-19-33-50)57(67-40-49-30-16-5-17-31-49)55(53(70-60)44-64-37-46-24-10-2-11-25-46)72-61-59(69-42-51-34-20-7-21-35-51)56(66-39-48-28-14-4-15-29-48)54(65-38-47-26-12-3-13-27-47)52(71-61)43-63-36-45-22-8-1-9-23-45/h1-35,52-62H,36-44H2/t52-,53-,54+,55-,56+,57+,58-,59-,60+,61+/m1/s1. The molecule has 9 rings (SSSR count). The van der Waals surface area contributed by atoms with E-state index in [0.717, 1.165) is 38.9 Å². The molecular formula is C61H64O11. The molecule has 2 saturated heterocycles. The molecule has 0 amide bonds. The molecule has 11 nitrogen and oxygen atoms in total. The van der Waals surface area contributed by atoms with Crippen LogP contribution in [0, 0.1) is 0 Å². The number of hydrogen-bond acceptors (Lipinski definition) is 11. The Hall–Kier alpha value is -5.90. The fourth-order valence-corrected chi connectivity index (χ4v) is 8.97. The fraction of sp³-hybridized carbons (Fsp3) is 0.311. The SMILES string of the molecule is O[C@H]1O[C@H](COCc2ccccc2)[C@@H](O[C@@H]2O[C@H](COCc3ccccc3)[C@H](OCc3ccccc3)[C@H](OCc3ccccc3)[C@H]2OCc2ccccc2)[C@H](OCc2ccccc2)[C@H]1OCc1ccccc1. The van der Waals surface area contributed by atoms with Crippen LogP contribution in [0.25, 0.3) is 0 Å². The number of aliphatic hydroxyl groups is 1. The summed E-state index contributed by atoms with van der Waals surface area (Å²) in [7, 11) is 0. The summed E-state index contributed by atoms with van der Waals surface area (Å²) in [6.07, 6.45) is -9.37. The van der Waals surface area contributed by atoms with Gasteiger partial charge in [-0.2, -0.15) is 0 Å². The Labute approximate surface area is 423 Å². The quantitative estimate of drug-likeness (QED) is 0.0591. The van der Waals surface area contributed by atoms with Gasteiger partial charge >= 0.3 is 0 Å². The highest BCUT2D eigenvalue weighted by Crippen LogP contribution is 2.36. The maximum atomic E-state index is 12.0. The first-order valence-corrected chi connectivity index (χ1v) is 24.8. The second kappa shape index (κ2) is 27.2. The van der Waals surface area contributed by atoms with Crippen molar-refractivity contribution in [3.8, 4) is 0 Å². The van der Waals surface area contributed by atoms with E-state index in [1.807, 2.05) is 212 Å². The van der Waals surface area contributed by atoms with Crippen LogP contribution in [-0.4, -0.2) is 79.7 Å². The molecule has 0 spiro atoms. The zero-order valence-corrected chi connectivity index (χ0v) is 40.4. The smallest absolute Gasteiger partial charge is 0.187 e. The van der Waals surface area contributed by atoms with Gasteiger partial charge in [0.05, 0.1) is 59.5 Å². The Balaban J connectivity index is 1.10. The van der Waals surface area contributed by atoms with E-state index in [9.17, 15) is 5.11 Å². The van der Waals surface area contributed by atoms with Crippen molar-refractivity contribution < 1.29 is 52.5 Å². The van der Waals surface area contributed by atoms with Crippen molar-refractivity contribution in [3.05, 3.63) is 251 Å². The Morgan fingerprint density at radius 1 is 0.292 bits per heavy atom. The Bertz CT molecular complexity index is 2550. The molecule has 0 saturated carbocycles. The van der Waals surface area contributed by atoms with Crippen molar-refractivity contribution >= 4 is 0 Å². The van der Waals surface area contributed by atoms with Gasteiger partial charge in [-0.15, -0.1) is 0 Å². The van der Waals surface area contributed by atoms with Crippen LogP contribution in [0.3, 0.4) is 0 Å². The van der Waals surface area contributed by atoms with E-state index in [2.05, 4.69) is 0 Å². The number of hydrogen-bond donors (Lipinski definition) is 1. The highest BCUT2D eigenvalue weighted by Gasteiger charge is 2.54. The zero-order chi connectivity index (χ0) is 49.0. The predicted molar refractivity (Wildman–Crippen MR) is 272 cm³/mol. The molecule has 2 heterocycles. The average Bonchev–Trinajstić information content (AvgIpc) is 3.43. The van der Waals surface area contributed by atoms with Gasteiger partial charge in [0.25, 0.3) is 0 Å². The Morgan fingerprint density at radius 2 is 0.569 bits per heavy atom. The summed E-state index contributed by atoms with van der Waals surface area (Å²) in [4.78, 5) is 0. The van der Waals surface area contributed by atoms with E-state index in [4.69, 9.17) is 47.4 Å². The molecule has 2 fully saturated rings. The highest BCUT2D eigenvalue weighted by atomic mass is 16.8. The average molecular weight is 973 g/mol. The summed E-state index contributed by atoms with van der Waals surface area (Å²) in [6, 6.07) is 69.6. The monoisotopic (exact) mass is 972 g/mol. The van der Waals surface area contributed by atoms with Crippen molar-refractivity contribution in [2.45, 2.75) is 108 Å². The third-order valence-electron chi connectivity index (χ3n) is 12.7. The summed E-state index contributed by atoms with van der Waals surface area (Å²) in [6.45, 7) is 1.91. The van der Waals surface area contributed by atoms with Gasteiger partial charge in [-0.25, -0.2) is 0 Å². The molecule has 0 aromatic heterocycles. The van der Waals surface area contributed by atoms with Crippen LogP contribution in [0.15, 0.2) is 212 Å². The van der Waals surface area contributed by atoms with Crippen LogP contribution in [0.2, 0.25) is 0 Å². The summed E-state index contributed by atoms with van der Waals surface area (Å²) in [5, 5.41) is 12.0. The Kier molecular flexibility index (Phi) is 19.3. The molecule has 1 N–H and O–H groups in total. The number of ether oxygens (including phenoxy) is 10. The molecule has 0 bridgehead atoms. The molecule has 0 unspecified atom stereocenters. The van der Waals surface area contributed by atoms with Gasteiger partial charge in [-0.05, 0) is 38.9 Å². The van der Waals surface area contributed by atoms with Crippen molar-refractivity contribution in [2.75, 3.05) is 13.2 Å². The second-order valence-electron chi connectivity index (χ2n) is 18.0. The van der Waals surface area contributed by atoms with Crippen molar-refractivity contribution in [3.63, 3.8) is 0 Å². The molecule has 2 aliphatic heterocycles. The van der Waals surface area contributed by atoms with Crippen LogP contribution in [0.1, 0.15) is 38.9 Å².